The number of hydrogen-bond acceptors (Lipinski definition) is 5. The van der Waals surface area contributed by atoms with Gasteiger partial charge in [-0.25, -0.2) is 4.79 Å². The molecule has 0 fully saturated rings. The number of ether oxygens (including phenoxy) is 1. The number of carboxylic acids is 1. The van der Waals surface area contributed by atoms with Gasteiger partial charge >= 0.3 is 5.97 Å². The van der Waals surface area contributed by atoms with Gasteiger partial charge in [0.05, 0.1) is 5.56 Å². The normalized spacial score (nSPS) is 10.5. The van der Waals surface area contributed by atoms with Crippen LogP contribution in [0.3, 0.4) is 0 Å². The molecular formula is C17H14N2O4. The molecule has 3 aromatic rings. The van der Waals surface area contributed by atoms with Gasteiger partial charge in [-0.1, -0.05) is 35.0 Å². The van der Waals surface area contributed by atoms with Crippen LogP contribution in [0.1, 0.15) is 21.8 Å². The van der Waals surface area contributed by atoms with Crippen molar-refractivity contribution in [3.8, 4) is 17.1 Å². The van der Waals surface area contributed by atoms with Crippen molar-refractivity contribution in [3.05, 3.63) is 65.5 Å². The molecule has 0 aliphatic rings. The first-order valence-corrected chi connectivity index (χ1v) is 6.97. The van der Waals surface area contributed by atoms with E-state index in [9.17, 15) is 4.79 Å². The summed E-state index contributed by atoms with van der Waals surface area (Å²) in [6.45, 7) is 2.13. The van der Waals surface area contributed by atoms with Crippen LogP contribution < -0.4 is 4.74 Å². The van der Waals surface area contributed by atoms with E-state index in [1.807, 2.05) is 31.2 Å². The molecule has 0 radical (unpaired) electrons. The first-order valence-electron chi connectivity index (χ1n) is 6.97. The van der Waals surface area contributed by atoms with Gasteiger partial charge < -0.3 is 14.4 Å². The second-order valence-corrected chi connectivity index (χ2v) is 5.00. The average Bonchev–Trinajstić information content (AvgIpc) is 3.03. The van der Waals surface area contributed by atoms with Gasteiger partial charge in [0, 0.05) is 5.56 Å². The molecule has 2 aromatic carbocycles. The quantitative estimate of drug-likeness (QED) is 0.778. The van der Waals surface area contributed by atoms with E-state index in [1.54, 1.807) is 12.1 Å². The number of aromatic nitrogens is 2. The molecule has 0 amide bonds. The highest BCUT2D eigenvalue weighted by Gasteiger charge is 2.09. The molecule has 0 unspecified atom stereocenters. The van der Waals surface area contributed by atoms with Crippen molar-refractivity contribution < 1.29 is 19.2 Å². The van der Waals surface area contributed by atoms with Crippen LogP contribution in [-0.2, 0) is 6.61 Å². The molecule has 6 heteroatoms. The fourth-order valence-corrected chi connectivity index (χ4v) is 1.97. The lowest BCUT2D eigenvalue weighted by molar-refractivity contribution is 0.0697. The summed E-state index contributed by atoms with van der Waals surface area (Å²) in [4.78, 5) is 15.1. The van der Waals surface area contributed by atoms with Crippen molar-refractivity contribution in [1.82, 2.24) is 10.1 Å². The fraction of sp³-hybridized carbons (Fsp3) is 0.118. The maximum Gasteiger partial charge on any atom is 0.335 e. The van der Waals surface area contributed by atoms with Gasteiger partial charge in [0.1, 0.15) is 5.75 Å². The zero-order valence-corrected chi connectivity index (χ0v) is 12.4. The van der Waals surface area contributed by atoms with Crippen molar-refractivity contribution in [3.63, 3.8) is 0 Å². The number of hydrogen-bond donors (Lipinski definition) is 1. The van der Waals surface area contributed by atoms with Gasteiger partial charge in [0.15, 0.2) is 6.61 Å². The van der Waals surface area contributed by atoms with E-state index >= 15 is 0 Å². The number of rotatable bonds is 5. The Labute approximate surface area is 132 Å². The van der Waals surface area contributed by atoms with E-state index in [4.69, 9.17) is 14.4 Å². The van der Waals surface area contributed by atoms with Crippen LogP contribution in [0.5, 0.6) is 5.75 Å². The van der Waals surface area contributed by atoms with Crippen LogP contribution in [0.15, 0.2) is 53.1 Å². The Morgan fingerprint density at radius 1 is 1.13 bits per heavy atom. The van der Waals surface area contributed by atoms with Gasteiger partial charge in [-0.3, -0.25) is 0 Å². The summed E-state index contributed by atoms with van der Waals surface area (Å²) in [5.41, 5.74) is 2.24. The van der Waals surface area contributed by atoms with Crippen molar-refractivity contribution in [2.45, 2.75) is 13.5 Å². The molecule has 0 saturated heterocycles. The highest BCUT2D eigenvalue weighted by molar-refractivity contribution is 5.87. The Hall–Kier alpha value is -3.15. The fourth-order valence-electron chi connectivity index (χ4n) is 1.97. The monoisotopic (exact) mass is 310 g/mol. The molecule has 0 spiro atoms. The summed E-state index contributed by atoms with van der Waals surface area (Å²) in [5, 5.41) is 12.8. The van der Waals surface area contributed by atoms with Gasteiger partial charge in [-0.05, 0) is 31.2 Å². The number of carbonyl (C=O) groups is 1. The molecule has 0 bridgehead atoms. The molecule has 116 valence electrons. The largest absolute Gasteiger partial charge is 0.484 e. The summed E-state index contributed by atoms with van der Waals surface area (Å²) in [7, 11) is 0. The van der Waals surface area contributed by atoms with Crippen molar-refractivity contribution in [2.24, 2.45) is 0 Å². The van der Waals surface area contributed by atoms with E-state index in [0.717, 1.165) is 11.1 Å². The predicted molar refractivity (Wildman–Crippen MR) is 82.2 cm³/mol. The van der Waals surface area contributed by atoms with E-state index in [1.165, 1.54) is 12.1 Å². The molecule has 0 aliphatic heterocycles. The Balaban J connectivity index is 1.65. The SMILES string of the molecule is Cc1ccc(-c2noc(COc3ccc(C(=O)O)cc3)n2)cc1. The number of nitrogens with zero attached hydrogens (tertiary/aromatic N) is 2. The summed E-state index contributed by atoms with van der Waals surface area (Å²) in [6.07, 6.45) is 0. The summed E-state index contributed by atoms with van der Waals surface area (Å²) in [5.74, 6) is 0.411. The standard InChI is InChI=1S/C17H14N2O4/c1-11-2-4-12(5-3-11)16-18-15(23-19-16)10-22-14-8-6-13(7-9-14)17(20)21/h2-9H,10H2,1H3,(H,20,21). The topological polar surface area (TPSA) is 85.5 Å². The van der Waals surface area contributed by atoms with E-state index < -0.39 is 5.97 Å². The number of benzene rings is 2. The van der Waals surface area contributed by atoms with E-state index in [-0.39, 0.29) is 12.2 Å². The van der Waals surface area contributed by atoms with E-state index in [0.29, 0.717) is 17.5 Å². The molecular weight excluding hydrogens is 296 g/mol. The van der Waals surface area contributed by atoms with Crippen LogP contribution in [-0.4, -0.2) is 21.2 Å². The highest BCUT2D eigenvalue weighted by atomic mass is 16.5. The van der Waals surface area contributed by atoms with Crippen LogP contribution in [0.25, 0.3) is 11.4 Å². The molecule has 3 rings (SSSR count). The molecule has 1 aromatic heterocycles. The summed E-state index contributed by atoms with van der Waals surface area (Å²) in [6, 6.07) is 13.9. The first kappa shape index (κ1) is 14.8. The number of aromatic carboxylic acids is 1. The minimum Gasteiger partial charge on any atom is -0.484 e. The number of carboxylic acid groups (broad SMARTS) is 1. The molecule has 0 aliphatic carbocycles. The molecule has 23 heavy (non-hydrogen) atoms. The molecule has 0 saturated carbocycles. The lowest BCUT2D eigenvalue weighted by Gasteiger charge is -2.02. The second-order valence-electron chi connectivity index (χ2n) is 5.00. The zero-order valence-electron chi connectivity index (χ0n) is 12.4. The predicted octanol–water partition coefficient (Wildman–Crippen LogP) is 3.32. The maximum atomic E-state index is 10.8. The van der Waals surface area contributed by atoms with Crippen LogP contribution in [0, 0.1) is 6.92 Å². The van der Waals surface area contributed by atoms with Gasteiger partial charge in [-0.2, -0.15) is 4.98 Å². The summed E-state index contributed by atoms with van der Waals surface area (Å²) >= 11 is 0. The minimum atomic E-state index is -0.976. The van der Waals surface area contributed by atoms with Gasteiger partial charge in [0.2, 0.25) is 5.82 Å². The molecule has 6 nitrogen and oxygen atoms in total. The smallest absolute Gasteiger partial charge is 0.335 e. The minimum absolute atomic E-state index is 0.116. The van der Waals surface area contributed by atoms with E-state index in [2.05, 4.69) is 10.1 Å². The maximum absolute atomic E-state index is 10.8. The van der Waals surface area contributed by atoms with Crippen LogP contribution >= 0.6 is 0 Å². The molecule has 0 atom stereocenters. The zero-order chi connectivity index (χ0) is 16.2. The second kappa shape index (κ2) is 6.31. The third-order valence-electron chi connectivity index (χ3n) is 3.24. The third-order valence-corrected chi connectivity index (χ3v) is 3.24. The number of aryl methyl sites for hydroxylation is 1. The van der Waals surface area contributed by atoms with Gasteiger partial charge in [-0.15, -0.1) is 0 Å². The first-order chi connectivity index (χ1) is 11.1. The third kappa shape index (κ3) is 3.55. The Kier molecular flexibility index (Phi) is 4.05. The van der Waals surface area contributed by atoms with Crippen LogP contribution in [0.2, 0.25) is 0 Å². The van der Waals surface area contributed by atoms with Crippen molar-refractivity contribution >= 4 is 5.97 Å². The Bertz CT molecular complexity index is 807. The lowest BCUT2D eigenvalue weighted by atomic mass is 10.1. The lowest BCUT2D eigenvalue weighted by Crippen LogP contribution is -1.98. The Morgan fingerprint density at radius 3 is 2.48 bits per heavy atom. The van der Waals surface area contributed by atoms with Crippen molar-refractivity contribution in [2.75, 3.05) is 0 Å². The van der Waals surface area contributed by atoms with Gasteiger partial charge in [0.25, 0.3) is 5.89 Å². The van der Waals surface area contributed by atoms with Crippen molar-refractivity contribution in [1.29, 1.82) is 0 Å². The summed E-state index contributed by atoms with van der Waals surface area (Å²) < 4.78 is 10.7. The Morgan fingerprint density at radius 2 is 1.83 bits per heavy atom. The van der Waals surface area contributed by atoms with Crippen LogP contribution in [0.4, 0.5) is 0 Å². The molecule has 1 N–H and O–H groups in total. The average molecular weight is 310 g/mol. The highest BCUT2D eigenvalue weighted by Crippen LogP contribution is 2.18. The molecule has 1 heterocycles.